The summed E-state index contributed by atoms with van der Waals surface area (Å²) in [5, 5.41) is 25.7. The lowest BCUT2D eigenvalue weighted by atomic mass is 10.1. The second-order valence-electron chi connectivity index (χ2n) is 4.85. The molecule has 0 bridgehead atoms. The van der Waals surface area contributed by atoms with Crippen LogP contribution in [0.25, 0.3) is 0 Å². The van der Waals surface area contributed by atoms with Crippen molar-refractivity contribution in [2.24, 2.45) is 0 Å². The zero-order valence-electron chi connectivity index (χ0n) is 10.9. The van der Waals surface area contributed by atoms with Crippen molar-refractivity contribution in [1.82, 2.24) is 15.6 Å². The van der Waals surface area contributed by atoms with E-state index in [9.17, 15) is 14.7 Å². The minimum Gasteiger partial charge on any atom is -0.479 e. The molecule has 0 radical (unpaired) electrons. The highest BCUT2D eigenvalue weighted by atomic mass is 32.1. The maximum absolute atomic E-state index is 11.7. The zero-order valence-corrected chi connectivity index (χ0v) is 11.7. The van der Waals surface area contributed by atoms with Crippen molar-refractivity contribution in [2.45, 2.75) is 31.9 Å². The smallest absolute Gasteiger partial charge is 0.337 e. The van der Waals surface area contributed by atoms with Gasteiger partial charge >= 0.3 is 12.0 Å². The van der Waals surface area contributed by atoms with E-state index >= 15 is 0 Å². The predicted octanol–water partition coefficient (Wildman–Crippen LogP) is 0.513. The number of hydrogen-bond acceptors (Lipinski definition) is 5. The molecular weight excluding hydrogens is 270 g/mol. The highest BCUT2D eigenvalue weighted by molar-refractivity contribution is 7.09. The second-order valence-corrected chi connectivity index (χ2v) is 5.74. The number of aliphatic carboxylic acids is 1. The molecule has 7 nitrogen and oxygen atoms in total. The fourth-order valence-corrected chi connectivity index (χ4v) is 1.96. The Bertz CT molecular complexity index is 457. The van der Waals surface area contributed by atoms with Crippen molar-refractivity contribution < 1.29 is 19.8 Å². The lowest BCUT2D eigenvalue weighted by Gasteiger charge is -2.25. The third-order valence-electron chi connectivity index (χ3n) is 2.45. The van der Waals surface area contributed by atoms with Gasteiger partial charge in [-0.3, -0.25) is 0 Å². The SMILES string of the molecule is CC(O)(CNC(=O)NC(C)(C)c1nccs1)C(=O)O. The number of carboxylic acid groups (broad SMARTS) is 1. The third kappa shape index (κ3) is 4.18. The van der Waals surface area contributed by atoms with Crippen molar-refractivity contribution in [3.8, 4) is 0 Å². The Morgan fingerprint density at radius 3 is 2.53 bits per heavy atom. The van der Waals surface area contributed by atoms with Crippen LogP contribution in [-0.2, 0) is 10.3 Å². The summed E-state index contributed by atoms with van der Waals surface area (Å²) >= 11 is 1.40. The number of amides is 2. The van der Waals surface area contributed by atoms with E-state index in [1.54, 1.807) is 25.4 Å². The third-order valence-corrected chi connectivity index (χ3v) is 3.54. The molecule has 4 N–H and O–H groups in total. The fraction of sp³-hybridized carbons (Fsp3) is 0.545. The van der Waals surface area contributed by atoms with Crippen molar-refractivity contribution >= 4 is 23.3 Å². The maximum Gasteiger partial charge on any atom is 0.337 e. The normalized spacial score (nSPS) is 14.5. The number of carbonyl (C=O) groups is 2. The molecule has 0 spiro atoms. The Labute approximate surface area is 114 Å². The van der Waals surface area contributed by atoms with Crippen LogP contribution in [0.15, 0.2) is 11.6 Å². The molecule has 1 unspecified atom stereocenters. The van der Waals surface area contributed by atoms with Gasteiger partial charge in [-0.2, -0.15) is 0 Å². The second kappa shape index (κ2) is 5.54. The number of carbonyl (C=O) groups excluding carboxylic acids is 1. The van der Waals surface area contributed by atoms with Gasteiger partial charge in [-0.25, -0.2) is 14.6 Å². The molecular formula is C11H17N3O4S. The predicted molar refractivity (Wildman–Crippen MR) is 69.9 cm³/mol. The molecule has 0 fully saturated rings. The molecule has 1 heterocycles. The van der Waals surface area contributed by atoms with Gasteiger partial charge in [0.25, 0.3) is 0 Å². The van der Waals surface area contributed by atoms with Crippen LogP contribution < -0.4 is 10.6 Å². The van der Waals surface area contributed by atoms with Gasteiger partial charge in [0, 0.05) is 11.6 Å². The van der Waals surface area contributed by atoms with E-state index in [4.69, 9.17) is 5.11 Å². The van der Waals surface area contributed by atoms with Gasteiger partial charge in [-0.1, -0.05) is 0 Å². The summed E-state index contributed by atoms with van der Waals surface area (Å²) in [4.78, 5) is 26.5. The molecule has 1 atom stereocenters. The summed E-state index contributed by atoms with van der Waals surface area (Å²) < 4.78 is 0. The number of hydrogen-bond donors (Lipinski definition) is 4. The highest BCUT2D eigenvalue weighted by Crippen LogP contribution is 2.21. The quantitative estimate of drug-likeness (QED) is 0.630. The van der Waals surface area contributed by atoms with E-state index in [0.717, 1.165) is 11.9 Å². The van der Waals surface area contributed by atoms with E-state index in [1.165, 1.54) is 11.3 Å². The summed E-state index contributed by atoms with van der Waals surface area (Å²) in [6, 6.07) is -0.568. The zero-order chi connectivity index (χ0) is 14.7. The van der Waals surface area contributed by atoms with Crippen LogP contribution in [0, 0.1) is 0 Å². The van der Waals surface area contributed by atoms with Crippen LogP contribution in [0.5, 0.6) is 0 Å². The van der Waals surface area contributed by atoms with Gasteiger partial charge in [0.05, 0.1) is 12.1 Å². The highest BCUT2D eigenvalue weighted by Gasteiger charge is 2.31. The van der Waals surface area contributed by atoms with Gasteiger partial charge in [-0.05, 0) is 20.8 Å². The minimum atomic E-state index is -2.00. The van der Waals surface area contributed by atoms with Crippen molar-refractivity contribution in [2.75, 3.05) is 6.54 Å². The average molecular weight is 287 g/mol. The standard InChI is InChI=1S/C11H17N3O4S/c1-10(2,7-12-4-5-19-7)14-9(17)13-6-11(3,18)8(15)16/h4-5,18H,6H2,1-3H3,(H,15,16)(H2,13,14,17). The molecule has 0 saturated heterocycles. The van der Waals surface area contributed by atoms with E-state index in [-0.39, 0.29) is 6.54 Å². The number of carboxylic acids is 1. The number of urea groups is 1. The Kier molecular flexibility index (Phi) is 4.48. The molecule has 8 heteroatoms. The van der Waals surface area contributed by atoms with Crippen LogP contribution in [0.4, 0.5) is 4.79 Å². The number of thiazole rings is 1. The first kappa shape index (κ1) is 15.4. The number of aliphatic hydroxyl groups is 1. The van der Waals surface area contributed by atoms with Crippen LogP contribution >= 0.6 is 11.3 Å². The summed E-state index contributed by atoms with van der Waals surface area (Å²) in [7, 11) is 0. The van der Waals surface area contributed by atoms with E-state index in [0.29, 0.717) is 0 Å². The summed E-state index contributed by atoms with van der Waals surface area (Å²) in [5.74, 6) is -1.40. The van der Waals surface area contributed by atoms with Crippen LogP contribution in [-0.4, -0.2) is 39.3 Å². The Balaban J connectivity index is 2.55. The van der Waals surface area contributed by atoms with Crippen molar-refractivity contribution in [1.29, 1.82) is 0 Å². The average Bonchev–Trinajstić information content (AvgIpc) is 2.79. The molecule has 0 aliphatic heterocycles. The van der Waals surface area contributed by atoms with E-state index in [1.807, 2.05) is 0 Å². The molecule has 0 aromatic carbocycles. The topological polar surface area (TPSA) is 112 Å². The van der Waals surface area contributed by atoms with Crippen molar-refractivity contribution in [3.63, 3.8) is 0 Å². The monoisotopic (exact) mass is 287 g/mol. The van der Waals surface area contributed by atoms with Gasteiger partial charge in [-0.15, -0.1) is 11.3 Å². The Hall–Kier alpha value is -1.67. The Morgan fingerprint density at radius 1 is 1.42 bits per heavy atom. The van der Waals surface area contributed by atoms with Gasteiger partial charge in [0.2, 0.25) is 0 Å². The molecule has 0 saturated carbocycles. The Morgan fingerprint density at radius 2 is 2.05 bits per heavy atom. The maximum atomic E-state index is 11.7. The molecule has 1 rings (SSSR count). The van der Waals surface area contributed by atoms with Crippen LogP contribution in [0.3, 0.4) is 0 Å². The summed E-state index contributed by atoms with van der Waals surface area (Å²) in [5.41, 5.74) is -2.67. The van der Waals surface area contributed by atoms with Crippen LogP contribution in [0.2, 0.25) is 0 Å². The summed E-state index contributed by atoms with van der Waals surface area (Å²) in [6.45, 7) is 4.28. The van der Waals surface area contributed by atoms with E-state index in [2.05, 4.69) is 15.6 Å². The lowest BCUT2D eigenvalue weighted by molar-refractivity contribution is -0.155. The van der Waals surface area contributed by atoms with Crippen LogP contribution in [0.1, 0.15) is 25.8 Å². The van der Waals surface area contributed by atoms with Crippen molar-refractivity contribution in [3.05, 3.63) is 16.6 Å². The van der Waals surface area contributed by atoms with Gasteiger partial charge in [0.15, 0.2) is 5.60 Å². The molecule has 0 aliphatic rings. The largest absolute Gasteiger partial charge is 0.479 e. The molecule has 2 amide bonds. The molecule has 19 heavy (non-hydrogen) atoms. The molecule has 106 valence electrons. The molecule has 1 aromatic heterocycles. The van der Waals surface area contributed by atoms with Gasteiger partial charge in [0.1, 0.15) is 5.01 Å². The first-order chi connectivity index (χ1) is 8.65. The fourth-order valence-electron chi connectivity index (χ4n) is 1.24. The minimum absolute atomic E-state index is 0.387. The van der Waals surface area contributed by atoms with E-state index < -0.39 is 23.1 Å². The molecule has 0 aliphatic carbocycles. The number of rotatable bonds is 5. The number of aromatic nitrogens is 1. The molecule has 1 aromatic rings. The number of nitrogens with one attached hydrogen (secondary N) is 2. The lowest BCUT2D eigenvalue weighted by Crippen LogP contribution is -2.52. The first-order valence-corrected chi connectivity index (χ1v) is 6.45. The summed E-state index contributed by atoms with van der Waals surface area (Å²) in [6.07, 6.45) is 1.64. The number of nitrogens with zero attached hydrogens (tertiary/aromatic N) is 1. The van der Waals surface area contributed by atoms with Gasteiger partial charge < -0.3 is 20.8 Å². The first-order valence-electron chi connectivity index (χ1n) is 5.57.